The van der Waals surface area contributed by atoms with Crippen LogP contribution in [-0.4, -0.2) is 16.7 Å². The molecule has 2 rings (SSSR count). The van der Waals surface area contributed by atoms with Crippen LogP contribution in [0, 0.1) is 5.92 Å². The van der Waals surface area contributed by atoms with E-state index in [0.29, 0.717) is 12.0 Å². The molecule has 1 saturated heterocycles. The van der Waals surface area contributed by atoms with Crippen LogP contribution in [0.15, 0.2) is 4.52 Å². The third-order valence-corrected chi connectivity index (χ3v) is 2.43. The van der Waals surface area contributed by atoms with Crippen molar-refractivity contribution in [1.29, 1.82) is 0 Å². The molecule has 0 aliphatic carbocycles. The molecule has 0 saturated carbocycles. The molecular weight excluding hydrogens is 178 g/mol. The molecule has 1 unspecified atom stereocenters. The van der Waals surface area contributed by atoms with Gasteiger partial charge in [-0.05, 0) is 25.3 Å². The molecule has 0 amide bonds. The summed E-state index contributed by atoms with van der Waals surface area (Å²) in [6.07, 6.45) is 3.21. The van der Waals surface area contributed by atoms with Gasteiger partial charge in [-0.15, -0.1) is 0 Å². The molecule has 1 atom stereocenters. The minimum Gasteiger partial charge on any atom is -0.338 e. The lowest BCUT2D eigenvalue weighted by atomic mass is 10.1. The van der Waals surface area contributed by atoms with Crippen molar-refractivity contribution >= 4 is 0 Å². The highest BCUT2D eigenvalue weighted by molar-refractivity contribution is 4.95. The van der Waals surface area contributed by atoms with Crippen LogP contribution >= 0.6 is 0 Å². The van der Waals surface area contributed by atoms with Gasteiger partial charge < -0.3 is 9.84 Å². The summed E-state index contributed by atoms with van der Waals surface area (Å²) in [5, 5.41) is 7.32. The lowest BCUT2D eigenvalue weighted by molar-refractivity contribution is 0.340. The van der Waals surface area contributed by atoms with Crippen LogP contribution in [0.2, 0.25) is 0 Å². The summed E-state index contributed by atoms with van der Waals surface area (Å²) in [6.45, 7) is 5.38. The van der Waals surface area contributed by atoms with Crippen LogP contribution < -0.4 is 5.32 Å². The molecule has 0 aromatic carbocycles. The van der Waals surface area contributed by atoms with Crippen molar-refractivity contribution in [2.75, 3.05) is 6.54 Å². The van der Waals surface area contributed by atoms with Gasteiger partial charge in [0.05, 0.1) is 6.04 Å². The van der Waals surface area contributed by atoms with Crippen LogP contribution in [-0.2, 0) is 6.42 Å². The molecule has 1 aromatic heterocycles. The Labute approximate surface area is 84.1 Å². The Bertz CT molecular complexity index is 289. The van der Waals surface area contributed by atoms with E-state index in [1.165, 1.54) is 6.42 Å². The maximum absolute atomic E-state index is 5.23. The SMILES string of the molecule is CC(C)Cc1noc(C2CCCN2)n1. The Morgan fingerprint density at radius 3 is 3.07 bits per heavy atom. The Morgan fingerprint density at radius 2 is 2.43 bits per heavy atom. The third-order valence-electron chi connectivity index (χ3n) is 2.43. The fourth-order valence-corrected chi connectivity index (χ4v) is 1.75. The van der Waals surface area contributed by atoms with Gasteiger partial charge >= 0.3 is 0 Å². The molecule has 0 radical (unpaired) electrons. The molecule has 0 spiro atoms. The Kier molecular flexibility index (Phi) is 2.82. The van der Waals surface area contributed by atoms with E-state index in [1.54, 1.807) is 0 Å². The molecular formula is C10H17N3O. The molecule has 78 valence electrons. The van der Waals surface area contributed by atoms with E-state index in [9.17, 15) is 0 Å². The topological polar surface area (TPSA) is 51.0 Å². The molecule has 1 fully saturated rings. The van der Waals surface area contributed by atoms with Crippen LogP contribution in [0.1, 0.15) is 44.4 Å². The van der Waals surface area contributed by atoms with E-state index in [-0.39, 0.29) is 0 Å². The lowest BCUT2D eigenvalue weighted by Crippen LogP contribution is -2.13. The number of aromatic nitrogens is 2. The number of hydrogen-bond donors (Lipinski definition) is 1. The minimum atomic E-state index is 0.295. The van der Waals surface area contributed by atoms with E-state index in [1.807, 2.05) is 0 Å². The van der Waals surface area contributed by atoms with Crippen molar-refractivity contribution in [3.05, 3.63) is 11.7 Å². The molecule has 1 aliphatic heterocycles. The number of hydrogen-bond acceptors (Lipinski definition) is 4. The van der Waals surface area contributed by atoms with E-state index < -0.39 is 0 Å². The molecule has 14 heavy (non-hydrogen) atoms. The number of rotatable bonds is 3. The van der Waals surface area contributed by atoms with Crippen LogP contribution in [0.5, 0.6) is 0 Å². The van der Waals surface area contributed by atoms with Gasteiger partial charge in [-0.1, -0.05) is 19.0 Å². The summed E-state index contributed by atoms with van der Waals surface area (Å²) in [5.74, 6) is 2.18. The van der Waals surface area contributed by atoms with Crippen molar-refractivity contribution in [2.24, 2.45) is 5.92 Å². The summed E-state index contributed by atoms with van der Waals surface area (Å²) < 4.78 is 5.23. The van der Waals surface area contributed by atoms with Crippen molar-refractivity contribution < 1.29 is 4.52 Å². The van der Waals surface area contributed by atoms with Gasteiger partial charge in [0.2, 0.25) is 5.89 Å². The molecule has 2 heterocycles. The fourth-order valence-electron chi connectivity index (χ4n) is 1.75. The van der Waals surface area contributed by atoms with Gasteiger partial charge in [-0.2, -0.15) is 4.98 Å². The first-order chi connectivity index (χ1) is 6.75. The van der Waals surface area contributed by atoms with Gasteiger partial charge in [-0.3, -0.25) is 0 Å². The average molecular weight is 195 g/mol. The number of nitrogens with zero attached hydrogens (tertiary/aromatic N) is 2. The zero-order valence-electron chi connectivity index (χ0n) is 8.79. The molecule has 4 heteroatoms. The van der Waals surface area contributed by atoms with Gasteiger partial charge in [0, 0.05) is 6.42 Å². The largest absolute Gasteiger partial charge is 0.338 e. The van der Waals surface area contributed by atoms with E-state index in [4.69, 9.17) is 4.52 Å². The molecule has 1 aliphatic rings. The highest BCUT2D eigenvalue weighted by Gasteiger charge is 2.22. The van der Waals surface area contributed by atoms with Crippen LogP contribution in [0.3, 0.4) is 0 Å². The maximum atomic E-state index is 5.23. The summed E-state index contributed by atoms with van der Waals surface area (Å²) in [4.78, 5) is 4.39. The van der Waals surface area contributed by atoms with E-state index >= 15 is 0 Å². The first kappa shape index (κ1) is 9.65. The summed E-state index contributed by atoms with van der Waals surface area (Å²) in [7, 11) is 0. The zero-order chi connectivity index (χ0) is 9.97. The summed E-state index contributed by atoms with van der Waals surface area (Å²) in [5.41, 5.74) is 0. The molecule has 1 N–H and O–H groups in total. The molecule has 4 nitrogen and oxygen atoms in total. The van der Waals surface area contributed by atoms with Crippen LogP contribution in [0.4, 0.5) is 0 Å². The van der Waals surface area contributed by atoms with Gasteiger partial charge in [0.15, 0.2) is 5.82 Å². The van der Waals surface area contributed by atoms with E-state index in [2.05, 4.69) is 29.3 Å². The fraction of sp³-hybridized carbons (Fsp3) is 0.800. The normalized spacial score (nSPS) is 22.1. The van der Waals surface area contributed by atoms with Crippen molar-refractivity contribution in [3.63, 3.8) is 0 Å². The first-order valence-electron chi connectivity index (χ1n) is 5.31. The predicted molar refractivity (Wildman–Crippen MR) is 52.8 cm³/mol. The van der Waals surface area contributed by atoms with E-state index in [0.717, 1.165) is 31.1 Å². The second-order valence-corrected chi connectivity index (χ2v) is 4.30. The van der Waals surface area contributed by atoms with Crippen molar-refractivity contribution in [3.8, 4) is 0 Å². The minimum absolute atomic E-state index is 0.295. The smallest absolute Gasteiger partial charge is 0.243 e. The van der Waals surface area contributed by atoms with Crippen molar-refractivity contribution in [1.82, 2.24) is 15.5 Å². The third kappa shape index (κ3) is 2.12. The first-order valence-corrected chi connectivity index (χ1v) is 5.31. The average Bonchev–Trinajstić information content (AvgIpc) is 2.69. The Hall–Kier alpha value is -0.900. The van der Waals surface area contributed by atoms with Gasteiger partial charge in [0.1, 0.15) is 0 Å². The number of nitrogens with one attached hydrogen (secondary N) is 1. The monoisotopic (exact) mass is 195 g/mol. The maximum Gasteiger partial charge on any atom is 0.243 e. The second kappa shape index (κ2) is 4.09. The standard InChI is InChI=1S/C10H17N3O/c1-7(2)6-9-12-10(14-13-9)8-4-3-5-11-8/h7-8,11H,3-6H2,1-2H3. The quantitative estimate of drug-likeness (QED) is 0.797. The van der Waals surface area contributed by atoms with Gasteiger partial charge in [0.25, 0.3) is 0 Å². The highest BCUT2D eigenvalue weighted by atomic mass is 16.5. The summed E-state index contributed by atoms with van der Waals surface area (Å²) >= 11 is 0. The van der Waals surface area contributed by atoms with Crippen molar-refractivity contribution in [2.45, 2.75) is 39.2 Å². The predicted octanol–water partition coefficient (Wildman–Crippen LogP) is 1.69. The highest BCUT2D eigenvalue weighted by Crippen LogP contribution is 2.21. The zero-order valence-corrected chi connectivity index (χ0v) is 8.79. The molecule has 0 bridgehead atoms. The second-order valence-electron chi connectivity index (χ2n) is 4.30. The lowest BCUT2D eigenvalue weighted by Gasteiger charge is -2.01. The Morgan fingerprint density at radius 1 is 1.57 bits per heavy atom. The Balaban J connectivity index is 2.01. The summed E-state index contributed by atoms with van der Waals surface area (Å²) in [6, 6.07) is 0.295. The van der Waals surface area contributed by atoms with Crippen LogP contribution in [0.25, 0.3) is 0 Å². The molecule has 1 aromatic rings. The van der Waals surface area contributed by atoms with Gasteiger partial charge in [-0.25, -0.2) is 0 Å².